The SMILES string of the molecule is C/C(=C/c1cc2c(cc1O)OCO2)c1ccccc1. The molecule has 2 aromatic carbocycles. The third kappa shape index (κ3) is 2.27. The van der Waals surface area contributed by atoms with Crippen molar-refractivity contribution in [2.45, 2.75) is 6.92 Å². The summed E-state index contributed by atoms with van der Waals surface area (Å²) >= 11 is 0. The molecule has 0 bridgehead atoms. The summed E-state index contributed by atoms with van der Waals surface area (Å²) < 4.78 is 10.5. The number of hydrogen-bond acceptors (Lipinski definition) is 3. The molecule has 0 unspecified atom stereocenters. The Bertz CT molecular complexity index is 630. The third-order valence-corrected chi connectivity index (χ3v) is 3.12. The minimum atomic E-state index is 0.194. The molecular formula is C16H14O3. The van der Waals surface area contributed by atoms with E-state index < -0.39 is 0 Å². The molecule has 1 aliphatic heterocycles. The van der Waals surface area contributed by atoms with Crippen molar-refractivity contribution in [3.63, 3.8) is 0 Å². The van der Waals surface area contributed by atoms with Gasteiger partial charge >= 0.3 is 0 Å². The molecule has 0 aromatic heterocycles. The normalized spacial score (nSPS) is 13.6. The molecule has 1 aliphatic rings. The van der Waals surface area contributed by atoms with Crippen LogP contribution >= 0.6 is 0 Å². The first-order chi connectivity index (χ1) is 9.24. The Hall–Kier alpha value is -2.42. The minimum absolute atomic E-state index is 0.194. The number of benzene rings is 2. The average Bonchev–Trinajstić information content (AvgIpc) is 2.87. The van der Waals surface area contributed by atoms with Crippen LogP contribution in [0, 0.1) is 0 Å². The van der Waals surface area contributed by atoms with E-state index in [1.807, 2.05) is 43.3 Å². The van der Waals surface area contributed by atoms with Crippen LogP contribution < -0.4 is 9.47 Å². The van der Waals surface area contributed by atoms with Gasteiger partial charge in [0.05, 0.1) is 0 Å². The highest BCUT2D eigenvalue weighted by molar-refractivity contribution is 5.82. The lowest BCUT2D eigenvalue weighted by molar-refractivity contribution is 0.174. The van der Waals surface area contributed by atoms with Crippen molar-refractivity contribution in [1.82, 2.24) is 0 Å². The molecule has 19 heavy (non-hydrogen) atoms. The van der Waals surface area contributed by atoms with Gasteiger partial charge < -0.3 is 14.6 Å². The topological polar surface area (TPSA) is 38.7 Å². The van der Waals surface area contributed by atoms with Gasteiger partial charge in [-0.2, -0.15) is 0 Å². The van der Waals surface area contributed by atoms with E-state index in [1.54, 1.807) is 12.1 Å². The van der Waals surface area contributed by atoms with E-state index in [2.05, 4.69) is 0 Å². The van der Waals surface area contributed by atoms with Gasteiger partial charge in [-0.25, -0.2) is 0 Å². The Morgan fingerprint density at radius 3 is 2.53 bits per heavy atom. The minimum Gasteiger partial charge on any atom is -0.507 e. The van der Waals surface area contributed by atoms with Crippen molar-refractivity contribution in [2.24, 2.45) is 0 Å². The number of allylic oxidation sites excluding steroid dienone is 1. The van der Waals surface area contributed by atoms with Crippen LogP contribution in [0.4, 0.5) is 0 Å². The lowest BCUT2D eigenvalue weighted by Gasteiger charge is -2.05. The van der Waals surface area contributed by atoms with E-state index in [9.17, 15) is 5.11 Å². The van der Waals surface area contributed by atoms with Crippen LogP contribution in [0.3, 0.4) is 0 Å². The smallest absolute Gasteiger partial charge is 0.231 e. The summed E-state index contributed by atoms with van der Waals surface area (Å²) in [5, 5.41) is 9.99. The zero-order chi connectivity index (χ0) is 13.2. The fourth-order valence-corrected chi connectivity index (χ4v) is 2.08. The molecule has 0 radical (unpaired) electrons. The van der Waals surface area contributed by atoms with Gasteiger partial charge in [0.2, 0.25) is 6.79 Å². The summed E-state index contributed by atoms with van der Waals surface area (Å²) in [5.74, 6) is 1.46. The Labute approximate surface area is 111 Å². The van der Waals surface area contributed by atoms with Crippen LogP contribution in [0.15, 0.2) is 42.5 Å². The van der Waals surface area contributed by atoms with Crippen molar-refractivity contribution in [2.75, 3.05) is 6.79 Å². The molecule has 96 valence electrons. The Morgan fingerprint density at radius 2 is 1.79 bits per heavy atom. The lowest BCUT2D eigenvalue weighted by atomic mass is 10.0. The molecule has 2 aromatic rings. The number of hydrogen-bond donors (Lipinski definition) is 1. The molecule has 0 fully saturated rings. The van der Waals surface area contributed by atoms with Crippen molar-refractivity contribution < 1.29 is 14.6 Å². The number of phenolic OH excluding ortho intramolecular Hbond substituents is 1. The van der Waals surface area contributed by atoms with Crippen molar-refractivity contribution in [3.05, 3.63) is 53.6 Å². The van der Waals surface area contributed by atoms with Gasteiger partial charge in [0.15, 0.2) is 11.5 Å². The molecule has 0 saturated carbocycles. The van der Waals surface area contributed by atoms with Gasteiger partial charge in [-0.1, -0.05) is 30.3 Å². The van der Waals surface area contributed by atoms with Gasteiger partial charge in [-0.15, -0.1) is 0 Å². The van der Waals surface area contributed by atoms with Crippen LogP contribution in [0.2, 0.25) is 0 Å². The van der Waals surface area contributed by atoms with E-state index in [1.165, 1.54) is 0 Å². The zero-order valence-corrected chi connectivity index (χ0v) is 10.6. The van der Waals surface area contributed by atoms with E-state index in [0.717, 1.165) is 16.7 Å². The van der Waals surface area contributed by atoms with Gasteiger partial charge in [-0.3, -0.25) is 0 Å². The number of ether oxygens (including phenoxy) is 2. The Kier molecular flexibility index (Phi) is 2.88. The standard InChI is InChI=1S/C16H14O3/c1-11(12-5-3-2-4-6-12)7-13-8-15-16(9-14(13)17)19-10-18-15/h2-9,17H,10H2,1H3/b11-7-. The van der Waals surface area contributed by atoms with E-state index in [4.69, 9.17) is 9.47 Å². The molecule has 0 spiro atoms. The van der Waals surface area contributed by atoms with Crippen molar-refractivity contribution in [3.8, 4) is 17.2 Å². The first-order valence-electron chi connectivity index (χ1n) is 6.10. The summed E-state index contributed by atoms with van der Waals surface area (Å²) in [6.45, 7) is 2.22. The quantitative estimate of drug-likeness (QED) is 0.831. The fraction of sp³-hybridized carbons (Fsp3) is 0.125. The van der Waals surface area contributed by atoms with Crippen LogP contribution in [0.25, 0.3) is 11.6 Å². The third-order valence-electron chi connectivity index (χ3n) is 3.12. The fourth-order valence-electron chi connectivity index (χ4n) is 2.08. The first kappa shape index (κ1) is 11.7. The van der Waals surface area contributed by atoms with Crippen LogP contribution in [-0.2, 0) is 0 Å². The van der Waals surface area contributed by atoms with Crippen LogP contribution in [0.1, 0.15) is 18.1 Å². The molecule has 0 aliphatic carbocycles. The first-order valence-corrected chi connectivity index (χ1v) is 6.10. The molecule has 1 heterocycles. The summed E-state index contributed by atoms with van der Waals surface area (Å²) in [5.41, 5.74) is 2.93. The Morgan fingerprint density at radius 1 is 1.11 bits per heavy atom. The van der Waals surface area contributed by atoms with Gasteiger partial charge in [0, 0.05) is 11.6 Å². The zero-order valence-electron chi connectivity index (χ0n) is 10.6. The largest absolute Gasteiger partial charge is 0.507 e. The van der Waals surface area contributed by atoms with E-state index >= 15 is 0 Å². The maximum Gasteiger partial charge on any atom is 0.231 e. The van der Waals surface area contributed by atoms with Gasteiger partial charge in [-0.05, 0) is 30.2 Å². The van der Waals surface area contributed by atoms with E-state index in [-0.39, 0.29) is 12.5 Å². The van der Waals surface area contributed by atoms with Crippen molar-refractivity contribution >= 4 is 11.6 Å². The highest BCUT2D eigenvalue weighted by Crippen LogP contribution is 2.38. The predicted octanol–water partition coefficient (Wildman–Crippen LogP) is 3.68. The summed E-state index contributed by atoms with van der Waals surface area (Å²) in [6.07, 6.45) is 1.94. The number of fused-ring (bicyclic) bond motifs is 1. The lowest BCUT2D eigenvalue weighted by Crippen LogP contribution is -1.92. The summed E-state index contributed by atoms with van der Waals surface area (Å²) in [4.78, 5) is 0. The summed E-state index contributed by atoms with van der Waals surface area (Å²) in [6, 6.07) is 13.4. The average molecular weight is 254 g/mol. The van der Waals surface area contributed by atoms with Gasteiger partial charge in [0.25, 0.3) is 0 Å². The molecule has 0 amide bonds. The molecule has 0 saturated heterocycles. The Balaban J connectivity index is 1.99. The molecule has 0 atom stereocenters. The molecule has 3 nitrogen and oxygen atoms in total. The maximum absolute atomic E-state index is 9.99. The monoisotopic (exact) mass is 254 g/mol. The number of rotatable bonds is 2. The van der Waals surface area contributed by atoms with Gasteiger partial charge in [0.1, 0.15) is 5.75 Å². The number of phenols is 1. The molecule has 1 N–H and O–H groups in total. The van der Waals surface area contributed by atoms with Crippen LogP contribution in [-0.4, -0.2) is 11.9 Å². The van der Waals surface area contributed by atoms with Crippen molar-refractivity contribution in [1.29, 1.82) is 0 Å². The second-order valence-corrected chi connectivity index (χ2v) is 4.46. The predicted molar refractivity (Wildman–Crippen MR) is 74.2 cm³/mol. The molecule has 3 rings (SSSR count). The van der Waals surface area contributed by atoms with Crippen LogP contribution in [0.5, 0.6) is 17.2 Å². The summed E-state index contributed by atoms with van der Waals surface area (Å²) in [7, 11) is 0. The molecule has 3 heteroatoms. The van der Waals surface area contributed by atoms with E-state index in [0.29, 0.717) is 11.5 Å². The highest BCUT2D eigenvalue weighted by atomic mass is 16.7. The second-order valence-electron chi connectivity index (χ2n) is 4.46. The second kappa shape index (κ2) is 4.69. The highest BCUT2D eigenvalue weighted by Gasteiger charge is 2.16. The maximum atomic E-state index is 9.99. The number of aromatic hydroxyl groups is 1. The molecular weight excluding hydrogens is 240 g/mol.